The van der Waals surface area contributed by atoms with E-state index in [0.717, 1.165) is 13.2 Å². The van der Waals surface area contributed by atoms with E-state index in [9.17, 15) is 0 Å². The third-order valence-corrected chi connectivity index (χ3v) is 3.18. The summed E-state index contributed by atoms with van der Waals surface area (Å²) in [5, 5.41) is 5.49. The van der Waals surface area contributed by atoms with Gasteiger partial charge in [-0.2, -0.15) is 5.06 Å². The zero-order chi connectivity index (χ0) is 9.84. The predicted octanol–water partition coefficient (Wildman–Crippen LogP) is 1.26. The van der Waals surface area contributed by atoms with Crippen LogP contribution in [-0.2, 0) is 4.84 Å². The molecule has 0 radical (unpaired) electrons. The highest BCUT2D eigenvalue weighted by Gasteiger charge is 2.31. The summed E-state index contributed by atoms with van der Waals surface area (Å²) in [5.41, 5.74) is 0. The minimum absolute atomic E-state index is 0.520. The Bertz CT molecular complexity index is 150. The zero-order valence-electron chi connectivity index (χ0n) is 9.21. The maximum atomic E-state index is 5.56. The van der Waals surface area contributed by atoms with E-state index < -0.39 is 0 Å². The second-order valence-electron chi connectivity index (χ2n) is 3.84. The summed E-state index contributed by atoms with van der Waals surface area (Å²) in [6.45, 7) is 8.40. The summed E-state index contributed by atoms with van der Waals surface area (Å²) in [6, 6.07) is 1.16. The summed E-state index contributed by atoms with van der Waals surface area (Å²) >= 11 is 0. The minimum Gasteiger partial charge on any atom is -0.317 e. The number of hydrogen-bond donors (Lipinski definition) is 1. The van der Waals surface area contributed by atoms with Crippen LogP contribution in [0.1, 0.15) is 27.2 Å². The Balaban J connectivity index is 2.48. The van der Waals surface area contributed by atoms with Crippen molar-refractivity contribution in [3.63, 3.8) is 0 Å². The van der Waals surface area contributed by atoms with Crippen LogP contribution in [0.5, 0.6) is 0 Å². The molecule has 1 saturated heterocycles. The second kappa shape index (κ2) is 4.94. The molecule has 3 atom stereocenters. The quantitative estimate of drug-likeness (QED) is 0.718. The Morgan fingerprint density at radius 1 is 1.46 bits per heavy atom. The molecule has 0 aromatic carbocycles. The largest absolute Gasteiger partial charge is 0.317 e. The van der Waals surface area contributed by atoms with Gasteiger partial charge >= 0.3 is 0 Å². The Kier molecular flexibility index (Phi) is 4.16. The van der Waals surface area contributed by atoms with Crippen molar-refractivity contribution in [3.8, 4) is 0 Å². The Hall–Kier alpha value is -0.120. The molecule has 1 fully saturated rings. The van der Waals surface area contributed by atoms with Gasteiger partial charge in [-0.3, -0.25) is 4.84 Å². The average Bonchev–Trinajstić information content (AvgIpc) is 2.14. The molecule has 0 aromatic heterocycles. The molecule has 0 spiro atoms. The first-order valence-corrected chi connectivity index (χ1v) is 5.27. The number of hydrogen-bond acceptors (Lipinski definition) is 3. The van der Waals surface area contributed by atoms with Gasteiger partial charge in [-0.15, -0.1) is 0 Å². The third kappa shape index (κ3) is 2.42. The molecule has 0 aromatic rings. The fraction of sp³-hybridized carbons (Fsp3) is 1.00. The normalized spacial score (nSPS) is 36.5. The van der Waals surface area contributed by atoms with E-state index in [0.29, 0.717) is 18.0 Å². The van der Waals surface area contributed by atoms with Crippen molar-refractivity contribution in [2.24, 2.45) is 5.92 Å². The van der Waals surface area contributed by atoms with Crippen molar-refractivity contribution in [3.05, 3.63) is 0 Å². The smallest absolute Gasteiger partial charge is 0.0657 e. The lowest BCUT2D eigenvalue weighted by molar-refractivity contribution is -0.204. The van der Waals surface area contributed by atoms with Crippen LogP contribution >= 0.6 is 0 Å². The first kappa shape index (κ1) is 11.0. The van der Waals surface area contributed by atoms with Gasteiger partial charge in [0, 0.05) is 18.6 Å². The topological polar surface area (TPSA) is 24.5 Å². The maximum Gasteiger partial charge on any atom is 0.0657 e. The standard InChI is InChI=1S/C10H22N2O/c1-5-13-12-7-6-10(11-4)8(2)9(12)3/h8-11H,5-7H2,1-4H3. The molecule has 3 heteroatoms. The van der Waals surface area contributed by atoms with E-state index in [1.807, 2.05) is 14.0 Å². The van der Waals surface area contributed by atoms with Gasteiger partial charge in [-0.1, -0.05) is 6.92 Å². The molecule has 0 aliphatic carbocycles. The number of nitrogens with zero attached hydrogens (tertiary/aromatic N) is 1. The van der Waals surface area contributed by atoms with Crippen LogP contribution in [-0.4, -0.2) is 37.3 Å². The Labute approximate surface area is 81.4 Å². The third-order valence-electron chi connectivity index (χ3n) is 3.18. The molecule has 1 N–H and O–H groups in total. The van der Waals surface area contributed by atoms with Gasteiger partial charge in [0.25, 0.3) is 0 Å². The van der Waals surface area contributed by atoms with Gasteiger partial charge in [0.05, 0.1) is 6.61 Å². The highest BCUT2D eigenvalue weighted by atomic mass is 16.7. The molecule has 0 amide bonds. The van der Waals surface area contributed by atoms with Gasteiger partial charge in [0.2, 0.25) is 0 Å². The van der Waals surface area contributed by atoms with E-state index >= 15 is 0 Å². The number of rotatable bonds is 3. The van der Waals surface area contributed by atoms with Crippen molar-refractivity contribution in [2.45, 2.75) is 39.3 Å². The summed E-state index contributed by atoms with van der Waals surface area (Å²) in [4.78, 5) is 5.56. The van der Waals surface area contributed by atoms with Crippen LogP contribution in [0.4, 0.5) is 0 Å². The van der Waals surface area contributed by atoms with E-state index in [1.54, 1.807) is 0 Å². The van der Waals surface area contributed by atoms with Gasteiger partial charge in [-0.05, 0) is 33.2 Å². The monoisotopic (exact) mass is 186 g/mol. The van der Waals surface area contributed by atoms with Crippen LogP contribution < -0.4 is 5.32 Å². The van der Waals surface area contributed by atoms with Crippen LogP contribution in [0.25, 0.3) is 0 Å². The summed E-state index contributed by atoms with van der Waals surface area (Å²) in [6.07, 6.45) is 1.18. The predicted molar refractivity (Wildman–Crippen MR) is 54.4 cm³/mol. The molecule has 0 saturated carbocycles. The molecule has 1 aliphatic rings. The van der Waals surface area contributed by atoms with E-state index in [1.165, 1.54) is 6.42 Å². The minimum atomic E-state index is 0.520. The van der Waals surface area contributed by atoms with Crippen LogP contribution in [0.2, 0.25) is 0 Å². The lowest BCUT2D eigenvalue weighted by Crippen LogP contribution is -2.52. The van der Waals surface area contributed by atoms with Crippen molar-refractivity contribution in [2.75, 3.05) is 20.2 Å². The maximum absolute atomic E-state index is 5.56. The van der Waals surface area contributed by atoms with E-state index in [-0.39, 0.29) is 0 Å². The molecule has 1 aliphatic heterocycles. The second-order valence-corrected chi connectivity index (χ2v) is 3.84. The Morgan fingerprint density at radius 2 is 2.15 bits per heavy atom. The van der Waals surface area contributed by atoms with E-state index in [4.69, 9.17) is 4.84 Å². The molecular formula is C10H22N2O. The van der Waals surface area contributed by atoms with E-state index in [2.05, 4.69) is 24.2 Å². The lowest BCUT2D eigenvalue weighted by Gasteiger charge is -2.41. The number of nitrogens with one attached hydrogen (secondary N) is 1. The fourth-order valence-electron chi connectivity index (χ4n) is 2.09. The molecule has 1 heterocycles. The molecule has 0 bridgehead atoms. The van der Waals surface area contributed by atoms with Gasteiger partial charge < -0.3 is 5.32 Å². The summed E-state index contributed by atoms with van der Waals surface area (Å²) in [5.74, 6) is 0.658. The van der Waals surface area contributed by atoms with Crippen molar-refractivity contribution in [1.29, 1.82) is 0 Å². The molecule has 1 rings (SSSR count). The summed E-state index contributed by atoms with van der Waals surface area (Å²) < 4.78 is 0. The highest BCUT2D eigenvalue weighted by molar-refractivity contribution is 4.84. The zero-order valence-corrected chi connectivity index (χ0v) is 9.21. The van der Waals surface area contributed by atoms with Gasteiger partial charge in [0.1, 0.15) is 0 Å². The number of piperidine rings is 1. The highest BCUT2D eigenvalue weighted by Crippen LogP contribution is 2.23. The molecule has 3 nitrogen and oxygen atoms in total. The lowest BCUT2D eigenvalue weighted by atomic mass is 9.88. The molecule has 13 heavy (non-hydrogen) atoms. The van der Waals surface area contributed by atoms with Crippen molar-refractivity contribution >= 4 is 0 Å². The Morgan fingerprint density at radius 3 is 2.69 bits per heavy atom. The molecule has 3 unspecified atom stereocenters. The van der Waals surface area contributed by atoms with Crippen LogP contribution in [0.15, 0.2) is 0 Å². The van der Waals surface area contributed by atoms with Crippen LogP contribution in [0.3, 0.4) is 0 Å². The molecular weight excluding hydrogens is 164 g/mol. The van der Waals surface area contributed by atoms with Crippen LogP contribution in [0, 0.1) is 5.92 Å². The van der Waals surface area contributed by atoms with Crippen molar-refractivity contribution < 1.29 is 4.84 Å². The van der Waals surface area contributed by atoms with Crippen molar-refractivity contribution in [1.82, 2.24) is 10.4 Å². The summed E-state index contributed by atoms with van der Waals surface area (Å²) in [7, 11) is 2.05. The molecule has 78 valence electrons. The first-order chi connectivity index (χ1) is 6.20. The fourth-order valence-corrected chi connectivity index (χ4v) is 2.09. The van der Waals surface area contributed by atoms with Gasteiger partial charge in [-0.25, -0.2) is 0 Å². The first-order valence-electron chi connectivity index (χ1n) is 5.27. The average molecular weight is 186 g/mol. The number of hydroxylamine groups is 2. The SMILES string of the molecule is CCON1CCC(NC)C(C)C1C. The van der Waals surface area contributed by atoms with Gasteiger partial charge in [0.15, 0.2) is 0 Å².